The van der Waals surface area contributed by atoms with Crippen LogP contribution in [0.1, 0.15) is 48.7 Å². The van der Waals surface area contributed by atoms with E-state index in [-0.39, 0.29) is 17.1 Å². The first kappa shape index (κ1) is 24.3. The van der Waals surface area contributed by atoms with Crippen molar-refractivity contribution < 1.29 is 9.59 Å². The van der Waals surface area contributed by atoms with Gasteiger partial charge in [-0.25, -0.2) is 0 Å². The maximum atomic E-state index is 14.6. The Labute approximate surface area is 233 Å². The number of hydrogen-bond donors (Lipinski definition) is 1. The van der Waals surface area contributed by atoms with Crippen molar-refractivity contribution in [2.75, 3.05) is 10.2 Å². The highest BCUT2D eigenvalue weighted by Crippen LogP contribution is 2.51. The Morgan fingerprint density at radius 1 is 0.775 bits per heavy atom. The van der Waals surface area contributed by atoms with Crippen LogP contribution in [0.4, 0.5) is 11.4 Å². The number of anilines is 2. The van der Waals surface area contributed by atoms with Gasteiger partial charge in [0.05, 0.1) is 17.4 Å². The van der Waals surface area contributed by atoms with E-state index in [1.807, 2.05) is 83.8 Å². The molecule has 40 heavy (non-hydrogen) atoms. The van der Waals surface area contributed by atoms with Crippen LogP contribution in [0.5, 0.6) is 0 Å². The summed E-state index contributed by atoms with van der Waals surface area (Å²) in [7, 11) is 0. The molecule has 5 aromatic rings. The third-order valence-corrected chi connectivity index (χ3v) is 8.23. The maximum Gasteiger partial charge on any atom is 0.259 e. The summed E-state index contributed by atoms with van der Waals surface area (Å²) in [6.07, 6.45) is 1.14. The minimum absolute atomic E-state index is 0.0828. The Morgan fingerprint density at radius 3 is 2.08 bits per heavy atom. The zero-order valence-electron chi connectivity index (χ0n) is 22.6. The van der Waals surface area contributed by atoms with Gasteiger partial charge in [0.25, 0.3) is 5.91 Å². The van der Waals surface area contributed by atoms with Crippen LogP contribution in [0.15, 0.2) is 120 Å². The van der Waals surface area contributed by atoms with Crippen LogP contribution < -0.4 is 10.2 Å². The van der Waals surface area contributed by atoms with E-state index in [4.69, 9.17) is 0 Å². The van der Waals surface area contributed by atoms with E-state index in [0.29, 0.717) is 17.6 Å². The summed E-state index contributed by atoms with van der Waals surface area (Å²) in [6.45, 7) is 4.28. The first-order valence-electron chi connectivity index (χ1n) is 13.8. The molecule has 0 saturated carbocycles. The van der Waals surface area contributed by atoms with E-state index in [1.54, 1.807) is 0 Å². The molecular weight excluding hydrogens is 492 g/mol. The van der Waals surface area contributed by atoms with E-state index in [0.717, 1.165) is 50.6 Å². The lowest BCUT2D eigenvalue weighted by atomic mass is 9.72. The van der Waals surface area contributed by atoms with Crippen LogP contribution in [-0.4, -0.2) is 11.7 Å². The number of para-hydroxylation sites is 2. The molecule has 1 amide bonds. The zero-order valence-corrected chi connectivity index (χ0v) is 22.6. The number of allylic oxidation sites excluding steroid dienone is 1. The van der Waals surface area contributed by atoms with Gasteiger partial charge < -0.3 is 5.32 Å². The maximum absolute atomic E-state index is 14.6. The topological polar surface area (TPSA) is 49.4 Å². The smallest absolute Gasteiger partial charge is 0.259 e. The number of nitrogens with zero attached hydrogens (tertiary/aromatic N) is 1. The van der Waals surface area contributed by atoms with Crippen molar-refractivity contribution in [1.29, 1.82) is 0 Å². The fraction of sp³-hybridized carbons (Fsp3) is 0.167. The summed E-state index contributed by atoms with van der Waals surface area (Å²) in [5, 5.41) is 7.90. The van der Waals surface area contributed by atoms with Crippen LogP contribution in [-0.2, 0) is 4.79 Å². The molecule has 0 saturated heterocycles. The number of nitrogens with one attached hydrogen (secondary N) is 1. The van der Waals surface area contributed by atoms with Crippen molar-refractivity contribution in [2.24, 2.45) is 5.41 Å². The first-order chi connectivity index (χ1) is 19.4. The lowest BCUT2D eigenvalue weighted by Crippen LogP contribution is -2.39. The molecule has 1 heterocycles. The monoisotopic (exact) mass is 522 g/mol. The van der Waals surface area contributed by atoms with Crippen molar-refractivity contribution in [3.05, 3.63) is 132 Å². The molecule has 1 atom stereocenters. The number of Topliss-reactive ketones (excluding diaryl/α,β-unsaturated/α-hetero) is 1. The number of benzene rings is 5. The molecular formula is C36H30N2O2. The molecule has 4 heteroatoms. The molecule has 5 aromatic carbocycles. The molecule has 0 aromatic heterocycles. The normalized spacial score (nSPS) is 18.2. The van der Waals surface area contributed by atoms with Gasteiger partial charge in [-0.3, -0.25) is 14.5 Å². The third-order valence-electron chi connectivity index (χ3n) is 8.23. The third kappa shape index (κ3) is 3.91. The van der Waals surface area contributed by atoms with E-state index >= 15 is 0 Å². The molecule has 1 aliphatic heterocycles. The molecule has 0 radical (unpaired) electrons. The Kier molecular flexibility index (Phi) is 5.60. The van der Waals surface area contributed by atoms with Crippen LogP contribution in [0.3, 0.4) is 0 Å². The number of amides is 1. The first-order valence-corrected chi connectivity index (χ1v) is 13.8. The van der Waals surface area contributed by atoms with Gasteiger partial charge >= 0.3 is 0 Å². The number of hydrogen-bond acceptors (Lipinski definition) is 3. The van der Waals surface area contributed by atoms with Gasteiger partial charge in [-0.1, -0.05) is 92.7 Å². The predicted molar refractivity (Wildman–Crippen MR) is 163 cm³/mol. The fourth-order valence-corrected chi connectivity index (χ4v) is 6.55. The largest absolute Gasteiger partial charge is 0.357 e. The SMILES string of the molecule is CC1(C)CC(=O)C2=C(C1)Nc1ccccc1N(C(=O)c1ccccc1)C2c1c2ccccc2cc2ccccc12. The van der Waals surface area contributed by atoms with Gasteiger partial charge in [0, 0.05) is 23.3 Å². The summed E-state index contributed by atoms with van der Waals surface area (Å²) >= 11 is 0. The molecule has 0 spiro atoms. The standard InChI is InChI=1S/C36H30N2O2/c1-36(2)21-29-33(31(39)22-36)34(32-26-16-8-6-14-24(26)20-25-15-7-9-17-27(25)32)38(30-19-11-10-18-28(30)37-29)35(40)23-12-4-3-5-13-23/h3-20,34,37H,21-22H2,1-2H3. The highest BCUT2D eigenvalue weighted by molar-refractivity contribution is 6.14. The summed E-state index contributed by atoms with van der Waals surface area (Å²) in [6, 6.07) is 35.5. The van der Waals surface area contributed by atoms with Gasteiger partial charge in [-0.15, -0.1) is 0 Å². The molecule has 1 unspecified atom stereocenters. The average molecular weight is 523 g/mol. The van der Waals surface area contributed by atoms with Gasteiger partial charge in [-0.05, 0) is 69.3 Å². The molecule has 0 fully saturated rings. The molecule has 196 valence electrons. The lowest BCUT2D eigenvalue weighted by Gasteiger charge is -2.38. The van der Waals surface area contributed by atoms with Crippen LogP contribution in [0.25, 0.3) is 21.5 Å². The number of fused-ring (bicyclic) bond motifs is 3. The van der Waals surface area contributed by atoms with Crippen molar-refractivity contribution >= 4 is 44.6 Å². The van der Waals surface area contributed by atoms with E-state index < -0.39 is 6.04 Å². The molecule has 1 N–H and O–H groups in total. The molecule has 0 bridgehead atoms. The molecule has 4 nitrogen and oxygen atoms in total. The minimum Gasteiger partial charge on any atom is -0.357 e. The number of carbonyl (C=O) groups excluding carboxylic acids is 2. The predicted octanol–water partition coefficient (Wildman–Crippen LogP) is 8.45. The van der Waals surface area contributed by atoms with E-state index in [1.165, 1.54) is 0 Å². The highest BCUT2D eigenvalue weighted by atomic mass is 16.2. The van der Waals surface area contributed by atoms with E-state index in [2.05, 4.69) is 49.5 Å². The van der Waals surface area contributed by atoms with E-state index in [9.17, 15) is 9.59 Å². The van der Waals surface area contributed by atoms with Crippen LogP contribution in [0, 0.1) is 5.41 Å². The summed E-state index contributed by atoms with van der Waals surface area (Å²) in [4.78, 5) is 30.8. The molecule has 1 aliphatic carbocycles. The second-order valence-electron chi connectivity index (χ2n) is 11.7. The van der Waals surface area contributed by atoms with Gasteiger partial charge in [0.15, 0.2) is 5.78 Å². The Bertz CT molecular complexity index is 1800. The van der Waals surface area contributed by atoms with Crippen molar-refractivity contribution in [3.63, 3.8) is 0 Å². The van der Waals surface area contributed by atoms with Crippen LogP contribution in [0.2, 0.25) is 0 Å². The van der Waals surface area contributed by atoms with Crippen LogP contribution >= 0.6 is 0 Å². The summed E-state index contributed by atoms with van der Waals surface area (Å²) in [5.74, 6) is -0.0531. The van der Waals surface area contributed by atoms with Crippen molar-refractivity contribution in [3.8, 4) is 0 Å². The summed E-state index contributed by atoms with van der Waals surface area (Å²) < 4.78 is 0. The lowest BCUT2D eigenvalue weighted by molar-refractivity contribution is -0.118. The Balaban J connectivity index is 1.63. The molecule has 7 rings (SSSR count). The Hall–Kier alpha value is -4.70. The second-order valence-corrected chi connectivity index (χ2v) is 11.7. The average Bonchev–Trinajstić information content (AvgIpc) is 3.09. The van der Waals surface area contributed by atoms with Gasteiger partial charge in [0.1, 0.15) is 0 Å². The molecule has 2 aliphatic rings. The summed E-state index contributed by atoms with van der Waals surface area (Å²) in [5.41, 5.74) is 4.55. The fourth-order valence-electron chi connectivity index (χ4n) is 6.55. The number of carbonyl (C=O) groups is 2. The zero-order chi connectivity index (χ0) is 27.4. The minimum atomic E-state index is -0.613. The highest BCUT2D eigenvalue weighted by Gasteiger charge is 2.44. The van der Waals surface area contributed by atoms with Crippen molar-refractivity contribution in [2.45, 2.75) is 32.7 Å². The van der Waals surface area contributed by atoms with Crippen molar-refractivity contribution in [1.82, 2.24) is 0 Å². The Morgan fingerprint density at radius 2 is 1.38 bits per heavy atom. The second kappa shape index (κ2) is 9.20. The number of rotatable bonds is 2. The van der Waals surface area contributed by atoms with Gasteiger partial charge in [-0.2, -0.15) is 0 Å². The van der Waals surface area contributed by atoms with Gasteiger partial charge in [0.2, 0.25) is 0 Å². The number of ketones is 1. The quantitative estimate of drug-likeness (QED) is 0.237.